The van der Waals surface area contributed by atoms with Gasteiger partial charge in [0.15, 0.2) is 0 Å². The number of carbonyl (C=O) groups is 1. The molecule has 1 fully saturated rings. The number of rotatable bonds is 12. The molecule has 4 rings (SSSR count). The maximum Gasteiger partial charge on any atom is 0.421 e. The Morgan fingerprint density at radius 1 is 1.21 bits per heavy atom. The largest absolute Gasteiger partial charge is 0.495 e. The minimum atomic E-state index is -4.78. The Morgan fingerprint density at radius 2 is 1.96 bits per heavy atom. The van der Waals surface area contributed by atoms with Crippen molar-refractivity contribution in [3.05, 3.63) is 77.0 Å². The minimum absolute atomic E-state index is 0.0219. The van der Waals surface area contributed by atoms with Crippen LogP contribution in [-0.2, 0) is 29.2 Å². The van der Waals surface area contributed by atoms with Gasteiger partial charge in [0.2, 0.25) is 16.0 Å². The van der Waals surface area contributed by atoms with E-state index in [2.05, 4.69) is 37.4 Å². The molecule has 11 nitrogen and oxygen atoms in total. The second-order valence-corrected chi connectivity index (χ2v) is 13.8. The zero-order valence-corrected chi connectivity index (χ0v) is 27.8. The summed E-state index contributed by atoms with van der Waals surface area (Å²) >= 11 is 0. The number of hydrogen-bond acceptors (Lipinski definition) is 9. The van der Waals surface area contributed by atoms with Gasteiger partial charge >= 0.3 is 6.18 Å². The first kappa shape index (κ1) is 35.5. The lowest BCUT2D eigenvalue weighted by Crippen LogP contribution is -2.46. The molecule has 3 N–H and O–H groups in total. The third-order valence-corrected chi connectivity index (χ3v) is 8.89. The van der Waals surface area contributed by atoms with Crippen LogP contribution in [0.25, 0.3) is 0 Å². The molecule has 254 valence electrons. The third-order valence-electron chi connectivity index (χ3n) is 7.70. The van der Waals surface area contributed by atoms with Crippen LogP contribution in [0.2, 0.25) is 0 Å². The van der Waals surface area contributed by atoms with E-state index >= 15 is 0 Å². The molecular formula is C32H40F3N7O4S. The van der Waals surface area contributed by atoms with Crippen LogP contribution < -0.4 is 25.0 Å². The zero-order valence-electron chi connectivity index (χ0n) is 27.0. The smallest absolute Gasteiger partial charge is 0.421 e. The summed E-state index contributed by atoms with van der Waals surface area (Å²) in [5, 5.41) is 8.64. The number of nitrogens with zero attached hydrogens (tertiary/aromatic N) is 4. The number of nitrogens with one attached hydrogen (secondary N) is 3. The van der Waals surface area contributed by atoms with Gasteiger partial charge < -0.3 is 25.6 Å². The summed E-state index contributed by atoms with van der Waals surface area (Å²) < 4.78 is 73.3. The van der Waals surface area contributed by atoms with Gasteiger partial charge in [0.25, 0.3) is 5.91 Å². The number of likely N-dealkylation sites (N-methyl/N-ethyl adjacent to an activating group) is 1. The molecule has 3 aromatic rings. The Balaban J connectivity index is 1.59. The van der Waals surface area contributed by atoms with E-state index in [4.69, 9.17) is 4.74 Å². The summed E-state index contributed by atoms with van der Waals surface area (Å²) in [6, 6.07) is 9.80. The maximum atomic E-state index is 14.0. The second kappa shape index (κ2) is 14.6. The summed E-state index contributed by atoms with van der Waals surface area (Å²) in [5.41, 5.74) is 1.99. The van der Waals surface area contributed by atoms with Gasteiger partial charge in [0, 0.05) is 37.9 Å². The van der Waals surface area contributed by atoms with E-state index in [9.17, 15) is 26.4 Å². The van der Waals surface area contributed by atoms with Gasteiger partial charge in [-0.05, 0) is 75.2 Å². The van der Waals surface area contributed by atoms with E-state index in [1.54, 1.807) is 30.3 Å². The van der Waals surface area contributed by atoms with Crippen molar-refractivity contribution in [1.82, 2.24) is 20.2 Å². The molecule has 0 spiro atoms. The van der Waals surface area contributed by atoms with Crippen LogP contribution in [0.5, 0.6) is 5.75 Å². The van der Waals surface area contributed by atoms with Crippen LogP contribution in [0.4, 0.5) is 36.3 Å². The highest BCUT2D eigenvalue weighted by Gasteiger charge is 2.35. The van der Waals surface area contributed by atoms with E-state index in [1.165, 1.54) is 20.2 Å². The Bertz CT molecular complexity index is 1730. The second-order valence-electron chi connectivity index (χ2n) is 11.7. The number of likely N-dealkylation sites (tertiary alicyclic amines) is 1. The fourth-order valence-corrected chi connectivity index (χ4v) is 5.79. The number of amides is 1. The molecule has 1 aliphatic heterocycles. The number of sulfonamides is 1. The van der Waals surface area contributed by atoms with Crippen molar-refractivity contribution in [2.45, 2.75) is 44.9 Å². The molecule has 1 aromatic heterocycles. The van der Waals surface area contributed by atoms with E-state index in [0.29, 0.717) is 35.1 Å². The van der Waals surface area contributed by atoms with E-state index < -0.39 is 27.6 Å². The van der Waals surface area contributed by atoms with Crippen molar-refractivity contribution in [3.8, 4) is 5.75 Å². The van der Waals surface area contributed by atoms with Crippen LogP contribution in [0.1, 0.15) is 46.8 Å². The van der Waals surface area contributed by atoms with Crippen LogP contribution in [-0.4, -0.2) is 75.8 Å². The maximum absolute atomic E-state index is 14.0. The van der Waals surface area contributed by atoms with E-state index in [-0.39, 0.29) is 30.2 Å². The van der Waals surface area contributed by atoms with Gasteiger partial charge in [-0.25, -0.2) is 13.4 Å². The number of methoxy groups -OCH3 is 1. The Hall–Kier alpha value is -4.37. The molecule has 0 radical (unpaired) electrons. The molecule has 47 heavy (non-hydrogen) atoms. The lowest BCUT2D eigenvalue weighted by atomic mass is 10.0. The quantitative estimate of drug-likeness (QED) is 0.222. The lowest BCUT2D eigenvalue weighted by Gasteiger charge is -2.30. The number of ether oxygens (including phenoxy) is 1. The van der Waals surface area contributed by atoms with Crippen LogP contribution >= 0.6 is 0 Å². The minimum Gasteiger partial charge on any atom is -0.495 e. The average molecular weight is 676 g/mol. The third kappa shape index (κ3) is 9.35. The first-order valence-corrected chi connectivity index (χ1v) is 16.7. The topological polar surface area (TPSA) is 129 Å². The van der Waals surface area contributed by atoms with Gasteiger partial charge in [0.1, 0.15) is 17.1 Å². The van der Waals surface area contributed by atoms with Crippen LogP contribution in [0.3, 0.4) is 0 Å². The molecule has 1 unspecified atom stereocenters. The number of alkyl halides is 3. The molecule has 0 aliphatic carbocycles. The molecular weight excluding hydrogens is 635 g/mol. The SMILES string of the molecule is C=C(C)Cc1ccc(CNc2nc(Nc3ccc(C(=O)NC4CCCN(C)C4)cc3OC)ncc2C(F)(F)F)c(N(C)S(C)(=O)=O)c1. The Labute approximate surface area is 273 Å². The summed E-state index contributed by atoms with van der Waals surface area (Å²) in [5.74, 6) is -0.673. The molecule has 0 bridgehead atoms. The van der Waals surface area contributed by atoms with Crippen molar-refractivity contribution < 1.29 is 31.1 Å². The number of aromatic nitrogens is 2. The molecule has 1 atom stereocenters. The van der Waals surface area contributed by atoms with Gasteiger partial charge in [-0.2, -0.15) is 18.2 Å². The highest BCUT2D eigenvalue weighted by Crippen LogP contribution is 2.36. The summed E-state index contributed by atoms with van der Waals surface area (Å²) in [4.78, 5) is 23.1. The Morgan fingerprint density at radius 3 is 2.60 bits per heavy atom. The molecule has 2 aromatic carbocycles. The monoisotopic (exact) mass is 675 g/mol. The predicted octanol–water partition coefficient (Wildman–Crippen LogP) is 5.20. The summed E-state index contributed by atoms with van der Waals surface area (Å²) in [6.45, 7) is 7.29. The van der Waals surface area contributed by atoms with Crippen LogP contribution in [0, 0.1) is 0 Å². The van der Waals surface area contributed by atoms with Crippen LogP contribution in [0.15, 0.2) is 54.7 Å². The van der Waals surface area contributed by atoms with E-state index in [0.717, 1.165) is 47.6 Å². The number of carbonyl (C=O) groups excluding carboxylic acids is 1. The number of anilines is 4. The standard InChI is InChI=1S/C32H40F3N7O4S/c1-20(2)14-21-9-10-23(27(15-21)42(4)47(6,44)45)17-36-29-25(32(33,34)35)18-37-31(40-29)39-26-12-11-22(16-28(26)46-5)30(43)38-24-8-7-13-41(3)19-24/h9-12,15-16,18,24H,1,7-8,13-14,17,19H2,2-6H3,(H,38,43)(H2,36,37,39,40). The number of benzene rings is 2. The van der Waals surface area contributed by atoms with Crippen molar-refractivity contribution >= 4 is 39.1 Å². The highest BCUT2D eigenvalue weighted by atomic mass is 32.2. The van der Waals surface area contributed by atoms with Crippen molar-refractivity contribution in [3.63, 3.8) is 0 Å². The molecule has 2 heterocycles. The summed E-state index contributed by atoms with van der Waals surface area (Å²) in [7, 11) is 1.11. The summed E-state index contributed by atoms with van der Waals surface area (Å²) in [6.07, 6.45) is -0.707. The Kier molecular flexibility index (Phi) is 11.0. The predicted molar refractivity (Wildman–Crippen MR) is 177 cm³/mol. The molecule has 1 aliphatic rings. The number of hydrogen-bond donors (Lipinski definition) is 3. The van der Waals surface area contributed by atoms with Gasteiger partial charge in [0.05, 0.1) is 24.7 Å². The van der Waals surface area contributed by atoms with E-state index in [1.807, 2.05) is 14.0 Å². The number of allylic oxidation sites excluding steroid dienone is 1. The highest BCUT2D eigenvalue weighted by molar-refractivity contribution is 7.92. The zero-order chi connectivity index (χ0) is 34.5. The van der Waals surface area contributed by atoms with Gasteiger partial charge in [-0.1, -0.05) is 24.3 Å². The lowest BCUT2D eigenvalue weighted by molar-refractivity contribution is -0.137. The van der Waals surface area contributed by atoms with Crippen molar-refractivity contribution in [1.29, 1.82) is 0 Å². The fourth-order valence-electron chi connectivity index (χ4n) is 5.26. The van der Waals surface area contributed by atoms with Crippen molar-refractivity contribution in [2.75, 3.05) is 55.5 Å². The van der Waals surface area contributed by atoms with Gasteiger partial charge in [-0.15, -0.1) is 0 Å². The molecule has 0 saturated carbocycles. The van der Waals surface area contributed by atoms with Gasteiger partial charge in [-0.3, -0.25) is 9.10 Å². The average Bonchev–Trinajstić information content (AvgIpc) is 2.99. The fraction of sp³-hybridized carbons (Fsp3) is 0.406. The number of piperidine rings is 1. The van der Waals surface area contributed by atoms with Crippen molar-refractivity contribution in [2.24, 2.45) is 0 Å². The number of halogens is 3. The molecule has 1 saturated heterocycles. The molecule has 1 amide bonds. The normalized spacial score (nSPS) is 15.5. The first-order chi connectivity index (χ1) is 22.0. The molecule has 15 heteroatoms. The first-order valence-electron chi connectivity index (χ1n) is 14.9.